The zero-order chi connectivity index (χ0) is 9.84. The lowest BCUT2D eigenvalue weighted by Crippen LogP contribution is -2.13. The molecule has 1 N–H and O–H groups in total. The topological polar surface area (TPSA) is 37.8 Å². The van der Waals surface area contributed by atoms with E-state index in [-0.39, 0.29) is 11.5 Å². The van der Waals surface area contributed by atoms with Crippen LogP contribution in [0.1, 0.15) is 5.69 Å². The number of rotatable bonds is 3. The number of alkyl halides is 2. The number of hydrogen-bond donors (Lipinski definition) is 1. The molecule has 0 fully saturated rings. The molecule has 1 heterocycles. The van der Waals surface area contributed by atoms with E-state index in [1.807, 2.05) is 0 Å². The van der Waals surface area contributed by atoms with E-state index in [9.17, 15) is 13.2 Å². The fraction of sp³-hybridized carbons (Fsp3) is 0.429. The normalized spacial score (nSPS) is 10.5. The number of hydrogen-bond acceptors (Lipinski definition) is 3. The zero-order valence-corrected chi connectivity index (χ0v) is 6.89. The molecule has 0 aliphatic carbocycles. The Kier molecular flexibility index (Phi) is 3.05. The summed E-state index contributed by atoms with van der Waals surface area (Å²) in [4.78, 5) is 7.03. The van der Waals surface area contributed by atoms with Crippen molar-refractivity contribution in [2.24, 2.45) is 0 Å². The zero-order valence-electron chi connectivity index (χ0n) is 6.89. The number of aromatic nitrogens is 2. The number of aryl methyl sites for hydroxylation is 1. The van der Waals surface area contributed by atoms with Crippen LogP contribution in [0.25, 0.3) is 0 Å². The lowest BCUT2D eigenvalue weighted by atomic mass is 10.4. The summed E-state index contributed by atoms with van der Waals surface area (Å²) in [7, 11) is 0. The van der Waals surface area contributed by atoms with Gasteiger partial charge in [-0.15, -0.1) is 0 Å². The molecule has 0 aliphatic heterocycles. The lowest BCUT2D eigenvalue weighted by Gasteiger charge is -2.05. The first kappa shape index (κ1) is 9.76. The van der Waals surface area contributed by atoms with Crippen molar-refractivity contribution in [1.82, 2.24) is 9.97 Å². The smallest absolute Gasteiger partial charge is 0.255 e. The number of halogens is 3. The minimum Gasteiger partial charge on any atom is -0.362 e. The van der Waals surface area contributed by atoms with Gasteiger partial charge < -0.3 is 5.32 Å². The maximum Gasteiger partial charge on any atom is 0.255 e. The molecule has 0 atom stereocenters. The van der Waals surface area contributed by atoms with Gasteiger partial charge in [0.2, 0.25) is 0 Å². The Hall–Kier alpha value is -1.33. The van der Waals surface area contributed by atoms with Gasteiger partial charge in [0.1, 0.15) is 6.33 Å². The first-order valence-corrected chi connectivity index (χ1v) is 3.60. The largest absolute Gasteiger partial charge is 0.362 e. The molecule has 0 spiro atoms. The Bertz CT molecular complexity index is 290. The van der Waals surface area contributed by atoms with E-state index in [1.165, 1.54) is 6.92 Å². The first-order chi connectivity index (χ1) is 6.11. The third kappa shape index (κ3) is 2.57. The minimum absolute atomic E-state index is 0.131. The van der Waals surface area contributed by atoms with Gasteiger partial charge >= 0.3 is 0 Å². The lowest BCUT2D eigenvalue weighted by molar-refractivity contribution is 0.163. The highest BCUT2D eigenvalue weighted by Crippen LogP contribution is 2.11. The maximum atomic E-state index is 13.0. The summed E-state index contributed by atoms with van der Waals surface area (Å²) in [5.41, 5.74) is 0.131. The van der Waals surface area contributed by atoms with Crippen LogP contribution < -0.4 is 5.32 Å². The Labute approximate surface area is 73.0 Å². The maximum absolute atomic E-state index is 13.0. The molecule has 0 aliphatic rings. The molecule has 72 valence electrons. The van der Waals surface area contributed by atoms with Crippen molar-refractivity contribution >= 4 is 5.82 Å². The van der Waals surface area contributed by atoms with Crippen molar-refractivity contribution in [3.8, 4) is 0 Å². The van der Waals surface area contributed by atoms with Crippen LogP contribution >= 0.6 is 0 Å². The fourth-order valence-electron chi connectivity index (χ4n) is 0.755. The number of nitrogens with zero attached hydrogens (tertiary/aromatic N) is 2. The molecule has 6 heteroatoms. The summed E-state index contributed by atoms with van der Waals surface area (Å²) < 4.78 is 36.5. The van der Waals surface area contributed by atoms with Crippen LogP contribution in [0, 0.1) is 12.7 Å². The van der Waals surface area contributed by atoms with E-state index in [2.05, 4.69) is 15.3 Å². The van der Waals surface area contributed by atoms with Crippen LogP contribution in [0.15, 0.2) is 6.33 Å². The average molecular weight is 191 g/mol. The van der Waals surface area contributed by atoms with Gasteiger partial charge in [-0.25, -0.2) is 23.1 Å². The Balaban J connectivity index is 2.71. The van der Waals surface area contributed by atoms with E-state index in [0.717, 1.165) is 6.33 Å². The summed E-state index contributed by atoms with van der Waals surface area (Å²) in [6.45, 7) is 0.817. The average Bonchev–Trinajstić information content (AvgIpc) is 2.07. The molecule has 0 amide bonds. The van der Waals surface area contributed by atoms with Crippen LogP contribution in [0.5, 0.6) is 0 Å². The molecule has 0 aromatic carbocycles. The van der Waals surface area contributed by atoms with Crippen LogP contribution in [-0.2, 0) is 0 Å². The van der Waals surface area contributed by atoms with Gasteiger partial charge in [-0.2, -0.15) is 0 Å². The molecule has 1 rings (SSSR count). The van der Waals surface area contributed by atoms with Gasteiger partial charge in [-0.1, -0.05) is 0 Å². The SMILES string of the molecule is Cc1ncnc(NCC(F)F)c1F. The van der Waals surface area contributed by atoms with Gasteiger partial charge in [0.25, 0.3) is 6.43 Å². The van der Waals surface area contributed by atoms with Crippen molar-refractivity contribution in [1.29, 1.82) is 0 Å². The molecule has 0 unspecified atom stereocenters. The summed E-state index contributed by atoms with van der Waals surface area (Å²) in [6.07, 6.45) is -1.42. The van der Waals surface area contributed by atoms with Crippen LogP contribution in [0.3, 0.4) is 0 Å². The minimum atomic E-state index is -2.53. The van der Waals surface area contributed by atoms with E-state index in [1.54, 1.807) is 0 Å². The highest BCUT2D eigenvalue weighted by molar-refractivity contribution is 5.36. The molecule has 13 heavy (non-hydrogen) atoms. The van der Waals surface area contributed by atoms with Gasteiger partial charge in [0, 0.05) is 0 Å². The monoisotopic (exact) mass is 191 g/mol. The second-order valence-corrected chi connectivity index (χ2v) is 2.39. The van der Waals surface area contributed by atoms with Gasteiger partial charge in [-0.3, -0.25) is 0 Å². The van der Waals surface area contributed by atoms with Crippen LogP contribution in [0.2, 0.25) is 0 Å². The summed E-state index contributed by atoms with van der Waals surface area (Å²) >= 11 is 0. The van der Waals surface area contributed by atoms with Crippen molar-refractivity contribution in [2.75, 3.05) is 11.9 Å². The molecular formula is C7H8F3N3. The van der Waals surface area contributed by atoms with E-state index < -0.39 is 18.8 Å². The predicted octanol–water partition coefficient (Wildman–Crippen LogP) is 1.60. The first-order valence-electron chi connectivity index (χ1n) is 3.60. The number of nitrogens with one attached hydrogen (secondary N) is 1. The summed E-state index contributed by atoms with van der Waals surface area (Å²) in [6, 6.07) is 0. The second kappa shape index (κ2) is 4.06. The molecule has 0 saturated heterocycles. The molecule has 1 aromatic rings. The standard InChI is InChI=1S/C7H8F3N3/c1-4-6(10)7(13-3-12-4)11-2-5(8)9/h3,5H,2H2,1H3,(H,11,12,13). The van der Waals surface area contributed by atoms with Crippen LogP contribution in [0.4, 0.5) is 19.0 Å². The van der Waals surface area contributed by atoms with Crippen molar-refractivity contribution in [3.63, 3.8) is 0 Å². The van der Waals surface area contributed by atoms with Crippen molar-refractivity contribution in [3.05, 3.63) is 17.8 Å². The molecule has 3 nitrogen and oxygen atoms in total. The Morgan fingerprint density at radius 1 is 1.46 bits per heavy atom. The highest BCUT2D eigenvalue weighted by Gasteiger charge is 2.09. The molecule has 0 bridgehead atoms. The molecule has 0 radical (unpaired) electrons. The Morgan fingerprint density at radius 2 is 2.15 bits per heavy atom. The summed E-state index contributed by atoms with van der Waals surface area (Å²) in [5.74, 6) is -0.879. The van der Waals surface area contributed by atoms with E-state index in [0.29, 0.717) is 0 Å². The van der Waals surface area contributed by atoms with E-state index >= 15 is 0 Å². The Morgan fingerprint density at radius 3 is 2.77 bits per heavy atom. The summed E-state index contributed by atoms with van der Waals surface area (Å²) in [5, 5.41) is 2.18. The predicted molar refractivity (Wildman–Crippen MR) is 41.2 cm³/mol. The van der Waals surface area contributed by atoms with Gasteiger partial charge in [0.15, 0.2) is 11.6 Å². The third-order valence-corrected chi connectivity index (χ3v) is 1.39. The second-order valence-electron chi connectivity index (χ2n) is 2.39. The number of anilines is 1. The molecule has 1 aromatic heterocycles. The fourth-order valence-corrected chi connectivity index (χ4v) is 0.755. The quantitative estimate of drug-likeness (QED) is 0.788. The van der Waals surface area contributed by atoms with Crippen LogP contribution in [-0.4, -0.2) is 22.9 Å². The highest BCUT2D eigenvalue weighted by atomic mass is 19.3. The van der Waals surface area contributed by atoms with Crippen molar-refractivity contribution in [2.45, 2.75) is 13.3 Å². The third-order valence-electron chi connectivity index (χ3n) is 1.39. The van der Waals surface area contributed by atoms with Gasteiger partial charge in [-0.05, 0) is 6.92 Å². The molecular weight excluding hydrogens is 183 g/mol. The van der Waals surface area contributed by atoms with E-state index in [4.69, 9.17) is 0 Å². The van der Waals surface area contributed by atoms with Gasteiger partial charge in [0.05, 0.1) is 12.2 Å². The van der Waals surface area contributed by atoms with Crippen molar-refractivity contribution < 1.29 is 13.2 Å². The molecule has 0 saturated carbocycles.